The number of hydrogen-bond acceptors (Lipinski definition) is 9. The van der Waals surface area contributed by atoms with Gasteiger partial charge in [0.05, 0.1) is 11.9 Å². The monoisotopic (exact) mass is 477 g/mol. The molecule has 4 N–H and O–H groups in total. The highest BCUT2D eigenvalue weighted by atomic mass is 16.5. The van der Waals surface area contributed by atoms with Gasteiger partial charge in [0.15, 0.2) is 0 Å². The van der Waals surface area contributed by atoms with E-state index in [0.29, 0.717) is 30.0 Å². The Morgan fingerprint density at radius 2 is 2.11 bits per heavy atom. The third-order valence-electron chi connectivity index (χ3n) is 5.33. The molecule has 11 heteroatoms. The molecule has 11 nitrogen and oxygen atoms in total. The molecule has 0 saturated carbocycles. The van der Waals surface area contributed by atoms with Gasteiger partial charge in [-0.2, -0.15) is 15.1 Å². The first-order chi connectivity index (χ1) is 17.1. The van der Waals surface area contributed by atoms with Crippen LogP contribution >= 0.6 is 0 Å². The molecule has 0 aliphatic carbocycles. The number of ether oxygens (including phenoxy) is 1. The molecule has 1 amide bonds. The zero-order valence-electron chi connectivity index (χ0n) is 19.8. The van der Waals surface area contributed by atoms with Crippen molar-refractivity contribution in [3.63, 3.8) is 0 Å². The summed E-state index contributed by atoms with van der Waals surface area (Å²) in [5.74, 6) is 1.35. The Labute approximate surface area is 204 Å². The van der Waals surface area contributed by atoms with Gasteiger partial charge < -0.3 is 26.0 Å². The quantitative estimate of drug-likeness (QED) is 0.308. The van der Waals surface area contributed by atoms with E-state index in [9.17, 15) is 4.79 Å². The summed E-state index contributed by atoms with van der Waals surface area (Å²) in [4.78, 5) is 26.2. The Balaban J connectivity index is 1.55. The van der Waals surface area contributed by atoms with Crippen LogP contribution in [0.4, 0.5) is 23.3 Å². The minimum absolute atomic E-state index is 0.128. The van der Waals surface area contributed by atoms with E-state index in [2.05, 4.69) is 54.8 Å². The van der Waals surface area contributed by atoms with Crippen LogP contribution in [0.2, 0.25) is 0 Å². The predicted molar refractivity (Wildman–Crippen MR) is 134 cm³/mol. The van der Waals surface area contributed by atoms with Crippen molar-refractivity contribution in [2.45, 2.75) is 38.8 Å². The number of carbonyl (C=O) groups is 1. The summed E-state index contributed by atoms with van der Waals surface area (Å²) in [7, 11) is 0. The van der Waals surface area contributed by atoms with Gasteiger partial charge in [-0.25, -0.2) is 4.98 Å². The van der Waals surface area contributed by atoms with Gasteiger partial charge in [0, 0.05) is 31.5 Å². The molecule has 1 saturated heterocycles. The number of aromatic nitrogens is 5. The highest BCUT2D eigenvalue weighted by Gasteiger charge is 2.18. The van der Waals surface area contributed by atoms with Gasteiger partial charge in [0.1, 0.15) is 23.3 Å². The summed E-state index contributed by atoms with van der Waals surface area (Å²) in [5, 5.41) is 16.7. The second-order valence-electron chi connectivity index (χ2n) is 8.12. The van der Waals surface area contributed by atoms with Crippen LogP contribution in [0.1, 0.15) is 36.5 Å². The molecule has 3 aromatic heterocycles. The van der Waals surface area contributed by atoms with Crippen LogP contribution in [0.5, 0.6) is 5.88 Å². The van der Waals surface area contributed by atoms with Crippen molar-refractivity contribution in [2.24, 2.45) is 0 Å². The fourth-order valence-electron chi connectivity index (χ4n) is 3.63. The van der Waals surface area contributed by atoms with Crippen LogP contribution in [0.25, 0.3) is 0 Å². The topological polar surface area (TPSA) is 131 Å². The van der Waals surface area contributed by atoms with E-state index < -0.39 is 0 Å². The molecular formula is C24H31N9O2. The molecule has 0 atom stereocenters. The summed E-state index contributed by atoms with van der Waals surface area (Å²) in [6, 6.07) is 5.47. The largest absolute Gasteiger partial charge is 0.474 e. The van der Waals surface area contributed by atoms with Crippen LogP contribution in [-0.2, 0) is 6.54 Å². The van der Waals surface area contributed by atoms with Crippen LogP contribution in [-0.4, -0.2) is 56.4 Å². The number of rotatable bonds is 11. The average molecular weight is 478 g/mol. The first kappa shape index (κ1) is 24.1. The van der Waals surface area contributed by atoms with Gasteiger partial charge in [-0.3, -0.25) is 9.48 Å². The zero-order valence-corrected chi connectivity index (χ0v) is 19.8. The molecule has 0 bridgehead atoms. The van der Waals surface area contributed by atoms with E-state index in [1.807, 2.05) is 23.0 Å². The molecule has 1 aliphatic rings. The normalized spacial score (nSPS) is 13.7. The Hall–Kier alpha value is -3.99. The second-order valence-corrected chi connectivity index (χ2v) is 8.12. The predicted octanol–water partition coefficient (Wildman–Crippen LogP) is 3.01. The lowest BCUT2D eigenvalue weighted by molar-refractivity contribution is 0.0958. The fraction of sp³-hybridized carbons (Fsp3) is 0.375. The molecule has 35 heavy (non-hydrogen) atoms. The Morgan fingerprint density at radius 3 is 2.91 bits per heavy atom. The molecule has 4 rings (SSSR count). The van der Waals surface area contributed by atoms with Crippen molar-refractivity contribution in [1.29, 1.82) is 0 Å². The maximum Gasteiger partial charge on any atom is 0.256 e. The van der Waals surface area contributed by atoms with Crippen LogP contribution in [0, 0.1) is 0 Å². The first-order valence-electron chi connectivity index (χ1n) is 11.8. The van der Waals surface area contributed by atoms with Gasteiger partial charge in [-0.15, -0.1) is 6.58 Å². The molecule has 1 fully saturated rings. The number of carbonyl (C=O) groups excluding carboxylic acids is 1. The third kappa shape index (κ3) is 6.76. The number of aryl methyl sites for hydroxylation is 1. The second kappa shape index (κ2) is 11.9. The fourth-order valence-corrected chi connectivity index (χ4v) is 3.63. The number of anilines is 4. The van der Waals surface area contributed by atoms with Crippen molar-refractivity contribution >= 4 is 29.2 Å². The van der Waals surface area contributed by atoms with Crippen molar-refractivity contribution in [2.75, 3.05) is 30.3 Å². The van der Waals surface area contributed by atoms with Crippen LogP contribution < -0.4 is 26.0 Å². The molecule has 3 aromatic rings. The van der Waals surface area contributed by atoms with Gasteiger partial charge in [0.25, 0.3) is 5.91 Å². The number of nitrogens with zero attached hydrogens (tertiary/aromatic N) is 5. The molecule has 4 heterocycles. The summed E-state index contributed by atoms with van der Waals surface area (Å²) in [5.41, 5.74) is 1.04. The molecular weight excluding hydrogens is 446 g/mol. The Kier molecular flexibility index (Phi) is 8.23. The number of piperidine rings is 1. The lowest BCUT2D eigenvalue weighted by Gasteiger charge is -2.23. The van der Waals surface area contributed by atoms with E-state index in [4.69, 9.17) is 4.74 Å². The molecule has 0 spiro atoms. The molecule has 0 radical (unpaired) electrons. The number of nitrogens with one attached hydrogen (secondary N) is 4. The number of pyridine rings is 1. The Bertz CT molecular complexity index is 1140. The summed E-state index contributed by atoms with van der Waals surface area (Å²) >= 11 is 0. The lowest BCUT2D eigenvalue weighted by Crippen LogP contribution is -2.34. The highest BCUT2D eigenvalue weighted by molar-refractivity contribution is 5.99. The maximum absolute atomic E-state index is 12.7. The summed E-state index contributed by atoms with van der Waals surface area (Å²) in [6.07, 6.45) is 9.65. The van der Waals surface area contributed by atoms with E-state index in [1.165, 1.54) is 6.20 Å². The minimum atomic E-state index is -0.322. The van der Waals surface area contributed by atoms with Gasteiger partial charge in [-0.05, 0) is 38.4 Å². The van der Waals surface area contributed by atoms with Gasteiger partial charge in [0.2, 0.25) is 11.8 Å². The standard InChI is InChI=1S/C24H31N9O2/c1-3-10-26-23(34)19-15-27-24(29-17-14-28-33(16-17)13-4-2)32-22(19)31-20-6-5-7-21(30-20)35-18-8-11-25-12-9-18/h3,5-7,14-16,18,25H,1,4,8-13H2,2H3,(H,26,34)(H2,27,29,30,31,32). The highest BCUT2D eigenvalue weighted by Crippen LogP contribution is 2.23. The van der Waals surface area contributed by atoms with E-state index in [1.54, 1.807) is 18.3 Å². The van der Waals surface area contributed by atoms with E-state index in [0.717, 1.165) is 44.6 Å². The van der Waals surface area contributed by atoms with E-state index >= 15 is 0 Å². The van der Waals surface area contributed by atoms with Crippen molar-refractivity contribution < 1.29 is 9.53 Å². The van der Waals surface area contributed by atoms with Gasteiger partial charge in [-0.1, -0.05) is 19.1 Å². The molecule has 0 unspecified atom stereocenters. The maximum atomic E-state index is 12.7. The van der Waals surface area contributed by atoms with Crippen LogP contribution in [0.15, 0.2) is 49.4 Å². The molecule has 1 aliphatic heterocycles. The molecule has 0 aromatic carbocycles. The average Bonchev–Trinajstić information content (AvgIpc) is 3.30. The van der Waals surface area contributed by atoms with Crippen molar-refractivity contribution in [3.05, 3.63) is 55.0 Å². The Morgan fingerprint density at radius 1 is 1.26 bits per heavy atom. The third-order valence-corrected chi connectivity index (χ3v) is 5.33. The lowest BCUT2D eigenvalue weighted by atomic mass is 10.1. The SMILES string of the molecule is C=CCNC(=O)c1cnc(Nc2cnn(CCC)c2)nc1Nc1cccc(OC2CCNCC2)n1. The zero-order chi connectivity index (χ0) is 24.5. The first-order valence-corrected chi connectivity index (χ1v) is 11.8. The summed E-state index contributed by atoms with van der Waals surface area (Å²) in [6.45, 7) is 8.74. The number of hydrogen-bond donors (Lipinski definition) is 4. The molecule has 184 valence electrons. The summed E-state index contributed by atoms with van der Waals surface area (Å²) < 4.78 is 7.90. The van der Waals surface area contributed by atoms with E-state index in [-0.39, 0.29) is 17.6 Å². The van der Waals surface area contributed by atoms with Gasteiger partial charge >= 0.3 is 0 Å². The smallest absolute Gasteiger partial charge is 0.256 e. The van der Waals surface area contributed by atoms with Crippen molar-refractivity contribution in [3.8, 4) is 5.88 Å². The number of amides is 1. The van der Waals surface area contributed by atoms with Crippen LogP contribution in [0.3, 0.4) is 0 Å². The van der Waals surface area contributed by atoms with Crippen molar-refractivity contribution in [1.82, 2.24) is 35.4 Å². The minimum Gasteiger partial charge on any atom is -0.474 e.